The fourth-order valence-electron chi connectivity index (χ4n) is 1.97. The second kappa shape index (κ2) is 6.39. The van der Waals surface area contributed by atoms with Gasteiger partial charge in [-0.25, -0.2) is 0 Å². The zero-order valence-electron chi connectivity index (χ0n) is 10.7. The molecular weight excluding hydrogens is 308 g/mol. The van der Waals surface area contributed by atoms with Gasteiger partial charge < -0.3 is 4.74 Å². The van der Waals surface area contributed by atoms with Gasteiger partial charge in [-0.2, -0.15) is 0 Å². The van der Waals surface area contributed by atoms with Crippen molar-refractivity contribution in [2.24, 2.45) is 0 Å². The quantitative estimate of drug-likeness (QED) is 0.746. The van der Waals surface area contributed by atoms with E-state index in [1.807, 2.05) is 23.5 Å². The van der Waals surface area contributed by atoms with E-state index in [4.69, 9.17) is 4.74 Å². The first-order chi connectivity index (χ1) is 8.72. The van der Waals surface area contributed by atoms with E-state index in [-0.39, 0.29) is 0 Å². The van der Waals surface area contributed by atoms with E-state index in [9.17, 15) is 0 Å². The van der Waals surface area contributed by atoms with E-state index in [2.05, 4.69) is 41.1 Å². The van der Waals surface area contributed by atoms with Crippen LogP contribution in [0.1, 0.15) is 28.7 Å². The highest BCUT2D eigenvalue weighted by atomic mass is 79.9. The molecule has 2 aromatic rings. The predicted octanol–water partition coefficient (Wildman–Crippen LogP) is 5.06. The molecule has 0 saturated heterocycles. The van der Waals surface area contributed by atoms with Crippen LogP contribution in [0, 0.1) is 0 Å². The van der Waals surface area contributed by atoms with Crippen molar-refractivity contribution >= 4 is 27.3 Å². The van der Waals surface area contributed by atoms with Crippen LogP contribution in [0.5, 0.6) is 5.75 Å². The Bertz CT molecular complexity index is 519. The maximum absolute atomic E-state index is 5.41. The molecule has 0 aliphatic heterocycles. The first kappa shape index (κ1) is 13.6. The monoisotopic (exact) mass is 324 g/mol. The van der Waals surface area contributed by atoms with Gasteiger partial charge in [-0.05, 0) is 36.8 Å². The summed E-state index contributed by atoms with van der Waals surface area (Å²) < 4.78 is 6.51. The van der Waals surface area contributed by atoms with Crippen LogP contribution >= 0.6 is 27.3 Å². The lowest BCUT2D eigenvalue weighted by atomic mass is 10.1. The minimum atomic E-state index is 0.941. The molecule has 0 N–H and O–H groups in total. The number of aryl methyl sites for hydroxylation is 1. The van der Waals surface area contributed by atoms with Gasteiger partial charge in [-0.3, -0.25) is 0 Å². The number of hydrogen-bond donors (Lipinski definition) is 0. The molecule has 1 aromatic heterocycles. The number of rotatable bonds is 5. The maximum Gasteiger partial charge on any atom is 0.122 e. The molecule has 0 bridgehead atoms. The number of ether oxygens (including phenoxy) is 1. The molecular formula is C15H17BrOS. The van der Waals surface area contributed by atoms with Gasteiger partial charge in [0.2, 0.25) is 0 Å². The van der Waals surface area contributed by atoms with Crippen molar-refractivity contribution in [3.05, 3.63) is 50.1 Å². The third-order valence-corrected chi connectivity index (χ3v) is 4.46. The van der Waals surface area contributed by atoms with Crippen LogP contribution in [0.25, 0.3) is 0 Å². The molecule has 0 radical (unpaired) electrons. The van der Waals surface area contributed by atoms with E-state index < -0.39 is 0 Å². The molecule has 96 valence electrons. The lowest BCUT2D eigenvalue weighted by molar-refractivity contribution is 0.410. The van der Waals surface area contributed by atoms with Gasteiger partial charge in [-0.1, -0.05) is 29.3 Å². The van der Waals surface area contributed by atoms with Crippen LogP contribution in [0.4, 0.5) is 0 Å². The summed E-state index contributed by atoms with van der Waals surface area (Å²) in [5.74, 6) is 0.962. The fraction of sp³-hybridized carbons (Fsp3) is 0.333. The van der Waals surface area contributed by atoms with Gasteiger partial charge in [0.15, 0.2) is 0 Å². The van der Waals surface area contributed by atoms with Crippen LogP contribution in [0.3, 0.4) is 0 Å². The average Bonchev–Trinajstić information content (AvgIpc) is 2.77. The molecule has 0 fully saturated rings. The second-order valence-corrected chi connectivity index (χ2v) is 6.42. The molecule has 0 unspecified atom stereocenters. The van der Waals surface area contributed by atoms with Gasteiger partial charge in [0.1, 0.15) is 5.75 Å². The number of methoxy groups -OCH3 is 1. The highest BCUT2D eigenvalue weighted by molar-refractivity contribution is 9.10. The topological polar surface area (TPSA) is 9.23 Å². The van der Waals surface area contributed by atoms with Gasteiger partial charge in [0.25, 0.3) is 0 Å². The smallest absolute Gasteiger partial charge is 0.122 e. The van der Waals surface area contributed by atoms with Crippen LogP contribution in [0.15, 0.2) is 34.8 Å². The first-order valence-corrected chi connectivity index (χ1v) is 7.74. The van der Waals surface area contributed by atoms with Crippen molar-refractivity contribution in [1.82, 2.24) is 0 Å². The lowest BCUT2D eigenvalue weighted by Gasteiger charge is -2.07. The van der Waals surface area contributed by atoms with E-state index in [1.165, 1.54) is 28.2 Å². The predicted molar refractivity (Wildman–Crippen MR) is 81.8 cm³/mol. The molecule has 0 saturated carbocycles. The van der Waals surface area contributed by atoms with E-state index in [0.29, 0.717) is 0 Å². The molecule has 0 aliphatic carbocycles. The standard InChI is InChI=1S/C15H17BrOS/c1-3-4-13-6-7-14(18-13)10-11-9-12(16)5-8-15(11)17-2/h5-9H,3-4,10H2,1-2H3. The van der Waals surface area contributed by atoms with E-state index in [0.717, 1.165) is 16.6 Å². The summed E-state index contributed by atoms with van der Waals surface area (Å²) in [5, 5.41) is 0. The van der Waals surface area contributed by atoms with Crippen molar-refractivity contribution in [2.45, 2.75) is 26.2 Å². The molecule has 1 nitrogen and oxygen atoms in total. The first-order valence-electron chi connectivity index (χ1n) is 6.13. The Morgan fingerprint density at radius 3 is 2.67 bits per heavy atom. The molecule has 0 atom stereocenters. The molecule has 2 rings (SSSR count). The van der Waals surface area contributed by atoms with Crippen molar-refractivity contribution in [1.29, 1.82) is 0 Å². The van der Waals surface area contributed by atoms with Crippen LogP contribution < -0.4 is 4.74 Å². The summed E-state index contributed by atoms with van der Waals surface area (Å²) in [6.07, 6.45) is 3.33. The number of hydrogen-bond acceptors (Lipinski definition) is 2. The molecule has 3 heteroatoms. The highest BCUT2D eigenvalue weighted by Crippen LogP contribution is 2.28. The number of benzene rings is 1. The number of thiophene rings is 1. The van der Waals surface area contributed by atoms with E-state index >= 15 is 0 Å². The lowest BCUT2D eigenvalue weighted by Crippen LogP contribution is -1.92. The molecule has 0 aliphatic rings. The number of halogens is 1. The zero-order valence-corrected chi connectivity index (χ0v) is 13.1. The summed E-state index contributed by atoms with van der Waals surface area (Å²) >= 11 is 5.42. The zero-order chi connectivity index (χ0) is 13.0. The molecule has 1 heterocycles. The van der Waals surface area contributed by atoms with Crippen molar-refractivity contribution < 1.29 is 4.74 Å². The van der Waals surface area contributed by atoms with Gasteiger partial charge in [-0.15, -0.1) is 11.3 Å². The van der Waals surface area contributed by atoms with Gasteiger partial charge >= 0.3 is 0 Å². The maximum atomic E-state index is 5.41. The normalized spacial score (nSPS) is 10.6. The van der Waals surface area contributed by atoms with Crippen molar-refractivity contribution in [3.8, 4) is 5.75 Å². The average molecular weight is 325 g/mol. The van der Waals surface area contributed by atoms with Crippen molar-refractivity contribution in [3.63, 3.8) is 0 Å². The van der Waals surface area contributed by atoms with Crippen LogP contribution in [-0.4, -0.2) is 7.11 Å². The highest BCUT2D eigenvalue weighted by Gasteiger charge is 2.07. The fourth-order valence-corrected chi connectivity index (χ4v) is 3.52. The summed E-state index contributed by atoms with van der Waals surface area (Å²) in [4.78, 5) is 2.87. The largest absolute Gasteiger partial charge is 0.496 e. The Kier molecular flexibility index (Phi) is 4.84. The van der Waals surface area contributed by atoms with Crippen LogP contribution in [-0.2, 0) is 12.8 Å². The molecule has 0 spiro atoms. The van der Waals surface area contributed by atoms with Crippen molar-refractivity contribution in [2.75, 3.05) is 7.11 Å². The Morgan fingerprint density at radius 1 is 1.17 bits per heavy atom. The SMILES string of the molecule is CCCc1ccc(Cc2cc(Br)ccc2OC)s1. The Labute approximate surface area is 121 Å². The Hall–Kier alpha value is -0.800. The molecule has 1 aromatic carbocycles. The Balaban J connectivity index is 2.19. The van der Waals surface area contributed by atoms with Gasteiger partial charge in [0, 0.05) is 26.2 Å². The third-order valence-electron chi connectivity index (χ3n) is 2.82. The summed E-state index contributed by atoms with van der Waals surface area (Å²) in [6, 6.07) is 10.6. The minimum absolute atomic E-state index is 0.941. The summed E-state index contributed by atoms with van der Waals surface area (Å²) in [7, 11) is 1.73. The van der Waals surface area contributed by atoms with E-state index in [1.54, 1.807) is 7.11 Å². The van der Waals surface area contributed by atoms with Crippen LogP contribution in [0.2, 0.25) is 0 Å². The summed E-state index contributed by atoms with van der Waals surface area (Å²) in [6.45, 7) is 2.22. The Morgan fingerprint density at radius 2 is 1.94 bits per heavy atom. The molecule has 0 amide bonds. The summed E-state index contributed by atoms with van der Waals surface area (Å²) in [5.41, 5.74) is 1.23. The van der Waals surface area contributed by atoms with Gasteiger partial charge in [0.05, 0.1) is 7.11 Å². The third kappa shape index (κ3) is 3.36. The minimum Gasteiger partial charge on any atom is -0.496 e. The second-order valence-electron chi connectivity index (χ2n) is 4.25. The molecule has 18 heavy (non-hydrogen) atoms.